The van der Waals surface area contributed by atoms with E-state index in [4.69, 9.17) is 15.4 Å². The Hall–Kier alpha value is -1.00. The highest BCUT2D eigenvalue weighted by molar-refractivity contribution is 8.13. The number of halogens is 1. The predicted molar refractivity (Wildman–Crippen MR) is 64.4 cm³/mol. The van der Waals surface area contributed by atoms with E-state index in [0.29, 0.717) is 12.4 Å². The van der Waals surface area contributed by atoms with E-state index in [1.807, 2.05) is 6.92 Å². The van der Waals surface area contributed by atoms with Gasteiger partial charge in [0, 0.05) is 17.1 Å². The molecule has 0 unspecified atom stereocenters. The van der Waals surface area contributed by atoms with Crippen LogP contribution in [-0.2, 0) is 9.05 Å². The summed E-state index contributed by atoms with van der Waals surface area (Å²) in [6.45, 7) is 6.21. The summed E-state index contributed by atoms with van der Waals surface area (Å²) in [6, 6.07) is 5.98. The van der Waals surface area contributed by atoms with Crippen molar-refractivity contribution in [3.05, 3.63) is 36.4 Å². The second-order valence-electron chi connectivity index (χ2n) is 3.46. The first-order valence-electron chi connectivity index (χ1n) is 4.71. The Kier molecular flexibility index (Phi) is 4.38. The quantitative estimate of drug-likeness (QED) is 0.604. The second-order valence-corrected chi connectivity index (χ2v) is 6.03. The molecule has 0 amide bonds. The Morgan fingerprint density at radius 3 is 2.38 bits per heavy atom. The Labute approximate surface area is 100 Å². The number of hydrogen-bond donors (Lipinski definition) is 0. The molecule has 0 saturated carbocycles. The fraction of sp³-hybridized carbons (Fsp3) is 0.273. The van der Waals surface area contributed by atoms with Crippen molar-refractivity contribution in [3.8, 4) is 5.75 Å². The number of rotatable bonds is 5. The fourth-order valence-electron chi connectivity index (χ4n) is 1.04. The Morgan fingerprint density at radius 1 is 1.38 bits per heavy atom. The van der Waals surface area contributed by atoms with Crippen molar-refractivity contribution in [2.75, 3.05) is 6.61 Å². The van der Waals surface area contributed by atoms with Crippen molar-refractivity contribution in [1.29, 1.82) is 0 Å². The van der Waals surface area contributed by atoms with E-state index < -0.39 is 9.05 Å². The van der Waals surface area contributed by atoms with Crippen LogP contribution >= 0.6 is 10.7 Å². The van der Waals surface area contributed by atoms with Crippen molar-refractivity contribution in [2.24, 2.45) is 0 Å². The van der Waals surface area contributed by atoms with Gasteiger partial charge in [-0.15, -0.1) is 6.58 Å². The van der Waals surface area contributed by atoms with Crippen LogP contribution in [0.3, 0.4) is 0 Å². The van der Waals surface area contributed by atoms with Crippen LogP contribution < -0.4 is 4.74 Å². The summed E-state index contributed by atoms with van der Waals surface area (Å²) >= 11 is 0. The molecule has 0 aliphatic carbocycles. The van der Waals surface area contributed by atoms with Gasteiger partial charge in [0.1, 0.15) is 5.75 Å². The van der Waals surface area contributed by atoms with Gasteiger partial charge in [-0.2, -0.15) is 0 Å². The lowest BCUT2D eigenvalue weighted by Crippen LogP contribution is -1.98. The summed E-state index contributed by atoms with van der Waals surface area (Å²) in [5, 5.41) is 0. The van der Waals surface area contributed by atoms with E-state index in [1.165, 1.54) is 12.1 Å². The normalized spacial score (nSPS) is 11.1. The molecule has 0 saturated heterocycles. The van der Waals surface area contributed by atoms with Gasteiger partial charge >= 0.3 is 0 Å². The van der Waals surface area contributed by atoms with Crippen LogP contribution in [0.25, 0.3) is 0 Å². The zero-order valence-electron chi connectivity index (χ0n) is 8.94. The standard InChI is InChI=1S/C11H13ClO3S/c1-9(2)7-8-15-10-3-5-11(6-4-10)16(12,13)14/h3-6H,1,7-8H2,2H3. The summed E-state index contributed by atoms with van der Waals surface area (Å²) in [5.74, 6) is 0.616. The maximum Gasteiger partial charge on any atom is 0.261 e. The Morgan fingerprint density at radius 2 is 1.94 bits per heavy atom. The third-order valence-electron chi connectivity index (χ3n) is 1.90. The van der Waals surface area contributed by atoms with Crippen LogP contribution in [0.5, 0.6) is 5.75 Å². The van der Waals surface area contributed by atoms with E-state index >= 15 is 0 Å². The average Bonchev–Trinajstić information content (AvgIpc) is 2.16. The molecule has 1 aromatic carbocycles. The zero-order valence-corrected chi connectivity index (χ0v) is 10.5. The Bertz CT molecular complexity index is 463. The van der Waals surface area contributed by atoms with E-state index in [2.05, 4.69) is 6.58 Å². The molecule has 1 aromatic rings. The number of benzene rings is 1. The minimum absolute atomic E-state index is 0.0708. The summed E-state index contributed by atoms with van der Waals surface area (Å²) in [6.07, 6.45) is 0.773. The molecule has 88 valence electrons. The molecule has 1 rings (SSSR count). The SMILES string of the molecule is C=C(C)CCOc1ccc(S(=O)(=O)Cl)cc1. The monoisotopic (exact) mass is 260 g/mol. The first-order chi connectivity index (χ1) is 7.39. The van der Waals surface area contributed by atoms with Gasteiger partial charge in [0.15, 0.2) is 0 Å². The van der Waals surface area contributed by atoms with Crippen molar-refractivity contribution in [2.45, 2.75) is 18.2 Å². The highest BCUT2D eigenvalue weighted by atomic mass is 35.7. The summed E-state index contributed by atoms with van der Waals surface area (Å²) < 4.78 is 27.3. The van der Waals surface area contributed by atoms with E-state index in [9.17, 15) is 8.42 Å². The van der Waals surface area contributed by atoms with Gasteiger partial charge in [-0.25, -0.2) is 8.42 Å². The third-order valence-corrected chi connectivity index (χ3v) is 3.27. The van der Waals surface area contributed by atoms with Gasteiger partial charge in [-0.1, -0.05) is 5.57 Å². The van der Waals surface area contributed by atoms with Crippen LogP contribution in [0.1, 0.15) is 13.3 Å². The smallest absolute Gasteiger partial charge is 0.261 e. The van der Waals surface area contributed by atoms with Gasteiger partial charge < -0.3 is 4.74 Å². The molecular weight excluding hydrogens is 248 g/mol. The summed E-state index contributed by atoms with van der Waals surface area (Å²) in [7, 11) is 1.53. The van der Waals surface area contributed by atoms with Gasteiger partial charge in [0.2, 0.25) is 0 Å². The lowest BCUT2D eigenvalue weighted by molar-refractivity contribution is 0.321. The average molecular weight is 261 g/mol. The summed E-state index contributed by atoms with van der Waals surface area (Å²) in [5.41, 5.74) is 1.04. The second kappa shape index (κ2) is 5.37. The molecule has 5 heteroatoms. The van der Waals surface area contributed by atoms with Crippen molar-refractivity contribution in [3.63, 3.8) is 0 Å². The maximum absolute atomic E-state index is 11.0. The molecule has 16 heavy (non-hydrogen) atoms. The predicted octanol–water partition coefficient (Wildman–Crippen LogP) is 2.96. The maximum atomic E-state index is 11.0. The molecule has 0 aliphatic rings. The third kappa shape index (κ3) is 4.24. The molecule has 0 fully saturated rings. The largest absolute Gasteiger partial charge is 0.493 e. The van der Waals surface area contributed by atoms with Crippen LogP contribution in [0.15, 0.2) is 41.3 Å². The van der Waals surface area contributed by atoms with Crippen LogP contribution in [0.4, 0.5) is 0 Å². The molecule has 3 nitrogen and oxygen atoms in total. The molecule has 0 aromatic heterocycles. The molecule has 0 radical (unpaired) electrons. The van der Waals surface area contributed by atoms with Gasteiger partial charge in [0.05, 0.1) is 11.5 Å². The molecule has 0 atom stereocenters. The fourth-order valence-corrected chi connectivity index (χ4v) is 1.81. The van der Waals surface area contributed by atoms with E-state index in [1.54, 1.807) is 12.1 Å². The number of ether oxygens (including phenoxy) is 1. The van der Waals surface area contributed by atoms with Gasteiger partial charge in [0.25, 0.3) is 9.05 Å². The van der Waals surface area contributed by atoms with Crippen molar-refractivity contribution < 1.29 is 13.2 Å². The lowest BCUT2D eigenvalue weighted by Gasteiger charge is -2.06. The summed E-state index contributed by atoms with van der Waals surface area (Å²) in [4.78, 5) is 0.0708. The van der Waals surface area contributed by atoms with Crippen LogP contribution in [0, 0.1) is 0 Å². The zero-order chi connectivity index (χ0) is 12.2. The molecule has 0 bridgehead atoms. The first kappa shape index (κ1) is 13.1. The van der Waals surface area contributed by atoms with Gasteiger partial charge in [-0.3, -0.25) is 0 Å². The molecular formula is C11H13ClO3S. The van der Waals surface area contributed by atoms with E-state index in [-0.39, 0.29) is 4.90 Å². The minimum atomic E-state index is -3.65. The van der Waals surface area contributed by atoms with Crippen molar-refractivity contribution >= 4 is 19.7 Å². The van der Waals surface area contributed by atoms with E-state index in [0.717, 1.165) is 12.0 Å². The highest BCUT2D eigenvalue weighted by Crippen LogP contribution is 2.19. The highest BCUT2D eigenvalue weighted by Gasteiger charge is 2.08. The van der Waals surface area contributed by atoms with Crippen molar-refractivity contribution in [1.82, 2.24) is 0 Å². The van der Waals surface area contributed by atoms with Crippen LogP contribution in [-0.4, -0.2) is 15.0 Å². The molecule has 0 spiro atoms. The van der Waals surface area contributed by atoms with Crippen LogP contribution in [0.2, 0.25) is 0 Å². The number of hydrogen-bond acceptors (Lipinski definition) is 3. The lowest BCUT2D eigenvalue weighted by atomic mass is 10.2. The first-order valence-corrected chi connectivity index (χ1v) is 7.02. The van der Waals surface area contributed by atoms with Gasteiger partial charge in [-0.05, 0) is 31.2 Å². The topological polar surface area (TPSA) is 43.4 Å². The molecule has 0 heterocycles. The molecule has 0 aliphatic heterocycles. The molecule has 0 N–H and O–H groups in total. The Balaban J connectivity index is 2.62. The minimum Gasteiger partial charge on any atom is -0.493 e.